The van der Waals surface area contributed by atoms with Crippen LogP contribution in [0, 0.1) is 5.92 Å². The second kappa shape index (κ2) is 10.9. The molecule has 2 fully saturated rings. The molecular weight excluding hydrogens is 496 g/mol. The first-order chi connectivity index (χ1) is 17.9. The zero-order valence-electron chi connectivity index (χ0n) is 20.6. The van der Waals surface area contributed by atoms with E-state index in [0.717, 1.165) is 38.8 Å². The second-order valence-corrected chi connectivity index (χ2v) is 10.0. The van der Waals surface area contributed by atoms with Gasteiger partial charge in [-0.1, -0.05) is 11.6 Å². The van der Waals surface area contributed by atoms with Crippen molar-refractivity contribution in [1.82, 2.24) is 14.9 Å². The summed E-state index contributed by atoms with van der Waals surface area (Å²) in [6.45, 7) is 3.66. The number of amides is 3. The smallest absolute Gasteiger partial charge is 0.294 e. The fraction of sp³-hybridized carbons (Fsp3) is 0.423. The Morgan fingerprint density at radius 1 is 0.973 bits per heavy atom. The first kappa shape index (κ1) is 25.2. The van der Waals surface area contributed by atoms with E-state index in [1.54, 1.807) is 24.3 Å². The highest BCUT2D eigenvalue weighted by Gasteiger charge is 2.32. The third-order valence-corrected chi connectivity index (χ3v) is 7.21. The van der Waals surface area contributed by atoms with Gasteiger partial charge in [0.2, 0.25) is 17.6 Å². The normalized spacial score (nSPS) is 20.1. The van der Waals surface area contributed by atoms with Crippen LogP contribution in [0.4, 0.5) is 17.3 Å². The maximum absolute atomic E-state index is 13.3. The molecule has 0 spiro atoms. The van der Waals surface area contributed by atoms with Gasteiger partial charge in [-0.05, 0) is 75.9 Å². The van der Waals surface area contributed by atoms with Crippen LogP contribution in [0.5, 0.6) is 0 Å². The molecule has 194 valence electrons. The molecule has 37 heavy (non-hydrogen) atoms. The van der Waals surface area contributed by atoms with Crippen LogP contribution in [0.25, 0.3) is 11.1 Å². The number of pyridine rings is 2. The van der Waals surface area contributed by atoms with Crippen molar-refractivity contribution in [3.05, 3.63) is 41.2 Å². The summed E-state index contributed by atoms with van der Waals surface area (Å²) in [4.78, 5) is 49.1. The molecule has 1 saturated heterocycles. The van der Waals surface area contributed by atoms with E-state index in [4.69, 9.17) is 16.0 Å². The Balaban J connectivity index is 1.39. The number of nitrogens with zero attached hydrogens (tertiary/aromatic N) is 3. The molecule has 2 aliphatic rings. The van der Waals surface area contributed by atoms with Gasteiger partial charge in [0.1, 0.15) is 22.8 Å². The molecule has 5 rings (SSSR count). The molecule has 11 heteroatoms. The van der Waals surface area contributed by atoms with E-state index in [2.05, 4.69) is 30.8 Å². The summed E-state index contributed by atoms with van der Waals surface area (Å²) >= 11 is 5.89. The molecule has 0 unspecified atom stereocenters. The number of hydrogen-bond acceptors (Lipinski definition) is 7. The van der Waals surface area contributed by atoms with E-state index < -0.39 is 5.91 Å². The number of nitrogens with one attached hydrogen (secondary N) is 3. The Morgan fingerprint density at radius 2 is 1.70 bits per heavy atom. The third kappa shape index (κ3) is 5.75. The zero-order valence-corrected chi connectivity index (χ0v) is 21.3. The van der Waals surface area contributed by atoms with Crippen LogP contribution in [0.3, 0.4) is 0 Å². The lowest BCUT2D eigenvalue weighted by atomic mass is 9.85. The standard InChI is InChI=1S/C26H29ClN6O4/c1-15(34)29-21-11-9-19-22(30-21)23(24(37-19)26(36)31-20-10-6-17(27)14-28-20)32-25(35)16-4-7-18(8-5-16)33-12-2-3-13-33/h6,9-11,14,16,18H,2-5,7-8,12-13H2,1H3,(H,32,35)(H,28,31,36)(H,29,30,34)/t16-,18-. The summed E-state index contributed by atoms with van der Waals surface area (Å²) in [5.74, 6) is -0.764. The number of furan rings is 1. The predicted octanol–water partition coefficient (Wildman–Crippen LogP) is 4.68. The summed E-state index contributed by atoms with van der Waals surface area (Å²) in [5.41, 5.74) is 0.747. The minimum absolute atomic E-state index is 0.0988. The maximum atomic E-state index is 13.3. The molecule has 3 amide bonds. The number of likely N-dealkylation sites (tertiary alicyclic amines) is 1. The Bertz CT molecular complexity index is 1310. The lowest BCUT2D eigenvalue weighted by Crippen LogP contribution is -2.38. The van der Waals surface area contributed by atoms with Crippen molar-refractivity contribution in [3.8, 4) is 0 Å². The third-order valence-electron chi connectivity index (χ3n) is 6.99. The van der Waals surface area contributed by atoms with Crippen LogP contribution in [0.1, 0.15) is 56.0 Å². The van der Waals surface area contributed by atoms with Gasteiger partial charge in [0, 0.05) is 25.1 Å². The highest BCUT2D eigenvalue weighted by Crippen LogP contribution is 2.34. The van der Waals surface area contributed by atoms with Crippen molar-refractivity contribution in [2.75, 3.05) is 29.0 Å². The highest BCUT2D eigenvalue weighted by atomic mass is 35.5. The summed E-state index contributed by atoms with van der Waals surface area (Å²) in [7, 11) is 0. The summed E-state index contributed by atoms with van der Waals surface area (Å²) in [6.07, 6.45) is 7.43. The molecule has 0 bridgehead atoms. The number of aromatic nitrogens is 2. The number of hydrogen-bond donors (Lipinski definition) is 3. The van der Waals surface area contributed by atoms with Crippen LogP contribution in [0.15, 0.2) is 34.9 Å². The Kier molecular flexibility index (Phi) is 7.38. The summed E-state index contributed by atoms with van der Waals surface area (Å²) < 4.78 is 5.83. The van der Waals surface area contributed by atoms with Gasteiger partial charge in [0.25, 0.3) is 5.91 Å². The average Bonchev–Trinajstić information content (AvgIpc) is 3.54. The highest BCUT2D eigenvalue weighted by molar-refractivity contribution is 6.30. The number of carbonyl (C=O) groups excluding carboxylic acids is 3. The molecule has 10 nitrogen and oxygen atoms in total. The predicted molar refractivity (Wildman–Crippen MR) is 141 cm³/mol. The zero-order chi connectivity index (χ0) is 25.9. The molecule has 1 aliphatic heterocycles. The first-order valence-electron chi connectivity index (χ1n) is 12.6. The molecule has 1 saturated carbocycles. The van der Waals surface area contributed by atoms with Crippen molar-refractivity contribution >= 4 is 57.7 Å². The first-order valence-corrected chi connectivity index (χ1v) is 12.9. The van der Waals surface area contributed by atoms with Gasteiger partial charge in [0.05, 0.1) is 5.02 Å². The molecule has 3 aromatic rings. The van der Waals surface area contributed by atoms with Gasteiger partial charge in [0.15, 0.2) is 5.58 Å². The Morgan fingerprint density at radius 3 is 2.38 bits per heavy atom. The van der Waals surface area contributed by atoms with Gasteiger partial charge in [-0.3, -0.25) is 14.4 Å². The SMILES string of the molecule is CC(=O)Nc1ccc2oc(C(=O)Nc3ccc(Cl)cn3)c(NC(=O)[C@H]3CC[C@H](N4CCCC4)CC3)c2n1. The number of rotatable bonds is 6. The maximum Gasteiger partial charge on any atom is 0.294 e. The van der Waals surface area contributed by atoms with Crippen LogP contribution in [-0.4, -0.2) is 51.7 Å². The van der Waals surface area contributed by atoms with Crippen molar-refractivity contribution < 1.29 is 18.8 Å². The summed E-state index contributed by atoms with van der Waals surface area (Å²) in [5, 5.41) is 8.64. The van der Waals surface area contributed by atoms with Gasteiger partial charge < -0.3 is 25.3 Å². The summed E-state index contributed by atoms with van der Waals surface area (Å²) in [6, 6.07) is 6.87. The van der Waals surface area contributed by atoms with E-state index in [1.165, 1.54) is 26.0 Å². The average molecular weight is 525 g/mol. The van der Waals surface area contributed by atoms with E-state index in [0.29, 0.717) is 16.6 Å². The minimum atomic E-state index is -0.595. The number of halogens is 1. The fourth-order valence-corrected chi connectivity index (χ4v) is 5.27. The second-order valence-electron chi connectivity index (χ2n) is 9.58. The quantitative estimate of drug-likeness (QED) is 0.427. The molecular formula is C26H29ClN6O4. The van der Waals surface area contributed by atoms with E-state index in [1.807, 2.05) is 0 Å². The molecule has 0 radical (unpaired) electrons. The van der Waals surface area contributed by atoms with Crippen LogP contribution in [0.2, 0.25) is 5.02 Å². The number of anilines is 3. The Labute approximate surface area is 219 Å². The molecule has 4 heterocycles. The van der Waals surface area contributed by atoms with Crippen LogP contribution in [-0.2, 0) is 9.59 Å². The lowest BCUT2D eigenvalue weighted by molar-refractivity contribution is -0.121. The van der Waals surface area contributed by atoms with Crippen LogP contribution < -0.4 is 16.0 Å². The van der Waals surface area contributed by atoms with Crippen LogP contribution >= 0.6 is 11.6 Å². The van der Waals surface area contributed by atoms with E-state index >= 15 is 0 Å². The van der Waals surface area contributed by atoms with Crippen molar-refractivity contribution in [1.29, 1.82) is 0 Å². The Hall–Kier alpha value is -3.50. The van der Waals surface area contributed by atoms with Crippen molar-refractivity contribution in [2.24, 2.45) is 5.92 Å². The van der Waals surface area contributed by atoms with Gasteiger partial charge in [-0.15, -0.1) is 0 Å². The lowest BCUT2D eigenvalue weighted by Gasteiger charge is -2.33. The molecule has 0 atom stereocenters. The van der Waals surface area contributed by atoms with Gasteiger partial charge in [-0.2, -0.15) is 0 Å². The largest absolute Gasteiger partial charge is 0.447 e. The number of carbonyl (C=O) groups is 3. The van der Waals surface area contributed by atoms with E-state index in [9.17, 15) is 14.4 Å². The van der Waals surface area contributed by atoms with Crippen molar-refractivity contribution in [3.63, 3.8) is 0 Å². The van der Waals surface area contributed by atoms with Gasteiger partial charge in [-0.25, -0.2) is 9.97 Å². The monoisotopic (exact) mass is 524 g/mol. The molecule has 0 aromatic carbocycles. The fourth-order valence-electron chi connectivity index (χ4n) is 5.16. The molecule has 3 N–H and O–H groups in total. The molecule has 3 aromatic heterocycles. The minimum Gasteiger partial charge on any atom is -0.447 e. The van der Waals surface area contributed by atoms with Gasteiger partial charge >= 0.3 is 0 Å². The molecule has 1 aliphatic carbocycles. The number of fused-ring (bicyclic) bond motifs is 1. The van der Waals surface area contributed by atoms with E-state index in [-0.39, 0.29) is 46.3 Å². The topological polar surface area (TPSA) is 129 Å². The van der Waals surface area contributed by atoms with Crippen molar-refractivity contribution in [2.45, 2.75) is 51.5 Å².